The Bertz CT molecular complexity index is 484. The average molecular weight is 277 g/mol. The van der Waals surface area contributed by atoms with Gasteiger partial charge in [-0.2, -0.15) is 0 Å². The second kappa shape index (κ2) is 6.91. The number of hydrogen-bond acceptors (Lipinski definition) is 4. The van der Waals surface area contributed by atoms with Crippen molar-refractivity contribution in [3.8, 4) is 0 Å². The lowest BCUT2D eigenvalue weighted by atomic mass is 10.2. The Morgan fingerprint density at radius 1 is 1.35 bits per heavy atom. The molecule has 1 saturated heterocycles. The molecule has 0 unspecified atom stereocenters. The number of carbonyl (C=O) groups excluding carboxylic acids is 2. The zero-order valence-electron chi connectivity index (χ0n) is 11.5. The van der Waals surface area contributed by atoms with Crippen LogP contribution in [-0.2, 0) is 4.74 Å². The van der Waals surface area contributed by atoms with Gasteiger partial charge in [0, 0.05) is 31.9 Å². The van der Waals surface area contributed by atoms with Crippen molar-refractivity contribution in [3.63, 3.8) is 0 Å². The van der Waals surface area contributed by atoms with E-state index >= 15 is 0 Å². The first-order chi connectivity index (χ1) is 9.70. The van der Waals surface area contributed by atoms with E-state index in [2.05, 4.69) is 10.6 Å². The zero-order chi connectivity index (χ0) is 14.4. The molecule has 6 heteroatoms. The highest BCUT2D eigenvalue weighted by Crippen LogP contribution is 2.12. The number of ether oxygens (including phenoxy) is 1. The highest BCUT2D eigenvalue weighted by molar-refractivity contribution is 5.94. The Labute approximate surface area is 118 Å². The van der Waals surface area contributed by atoms with E-state index in [1.165, 1.54) is 0 Å². The van der Waals surface area contributed by atoms with Gasteiger partial charge in [-0.05, 0) is 25.1 Å². The first-order valence-corrected chi connectivity index (χ1v) is 6.74. The third-order valence-corrected chi connectivity index (χ3v) is 3.03. The fraction of sp³-hybridized carbons (Fsp3) is 0.429. The van der Waals surface area contributed by atoms with E-state index in [9.17, 15) is 9.59 Å². The third-order valence-electron chi connectivity index (χ3n) is 3.03. The van der Waals surface area contributed by atoms with Gasteiger partial charge in [-0.25, -0.2) is 9.59 Å². The van der Waals surface area contributed by atoms with Crippen molar-refractivity contribution in [3.05, 3.63) is 29.8 Å². The normalized spacial score (nSPS) is 14.8. The molecule has 2 amide bonds. The van der Waals surface area contributed by atoms with Gasteiger partial charge in [0.15, 0.2) is 0 Å². The number of esters is 1. The third kappa shape index (κ3) is 3.71. The largest absolute Gasteiger partial charge is 0.462 e. The maximum atomic E-state index is 12.0. The van der Waals surface area contributed by atoms with Crippen LogP contribution in [0.4, 0.5) is 10.5 Å². The maximum absolute atomic E-state index is 12.0. The lowest BCUT2D eigenvalue weighted by Crippen LogP contribution is -2.48. The van der Waals surface area contributed by atoms with E-state index in [1.807, 2.05) is 0 Å². The molecule has 1 aromatic carbocycles. The first kappa shape index (κ1) is 14.3. The van der Waals surface area contributed by atoms with Gasteiger partial charge < -0.3 is 20.3 Å². The van der Waals surface area contributed by atoms with Crippen molar-refractivity contribution in [2.45, 2.75) is 6.92 Å². The second-order valence-corrected chi connectivity index (χ2v) is 4.47. The maximum Gasteiger partial charge on any atom is 0.338 e. The van der Waals surface area contributed by atoms with Crippen LogP contribution in [0.25, 0.3) is 0 Å². The van der Waals surface area contributed by atoms with Crippen LogP contribution < -0.4 is 10.6 Å². The van der Waals surface area contributed by atoms with Crippen molar-refractivity contribution in [1.82, 2.24) is 10.2 Å². The van der Waals surface area contributed by atoms with Crippen LogP contribution in [0.2, 0.25) is 0 Å². The average Bonchev–Trinajstić information content (AvgIpc) is 2.48. The SMILES string of the molecule is CCOC(=O)c1cccc(NC(=O)N2CCNCC2)c1. The number of amides is 2. The Balaban J connectivity index is 2.00. The van der Waals surface area contributed by atoms with Crippen molar-refractivity contribution in [1.29, 1.82) is 0 Å². The molecule has 1 heterocycles. The quantitative estimate of drug-likeness (QED) is 0.817. The number of nitrogens with zero attached hydrogens (tertiary/aromatic N) is 1. The van der Waals surface area contributed by atoms with E-state index in [0.29, 0.717) is 30.9 Å². The number of carbonyl (C=O) groups is 2. The smallest absolute Gasteiger partial charge is 0.338 e. The number of hydrogen-bond donors (Lipinski definition) is 2. The summed E-state index contributed by atoms with van der Waals surface area (Å²) in [6.07, 6.45) is 0. The fourth-order valence-electron chi connectivity index (χ4n) is 2.01. The van der Waals surface area contributed by atoms with Gasteiger partial charge in [0.25, 0.3) is 0 Å². The van der Waals surface area contributed by atoms with Crippen LogP contribution in [0, 0.1) is 0 Å². The molecular weight excluding hydrogens is 258 g/mol. The number of rotatable bonds is 3. The number of benzene rings is 1. The summed E-state index contributed by atoms with van der Waals surface area (Å²) in [4.78, 5) is 25.4. The summed E-state index contributed by atoms with van der Waals surface area (Å²) in [6.45, 7) is 5.06. The predicted octanol–water partition coefficient (Wildman–Crippen LogP) is 1.30. The summed E-state index contributed by atoms with van der Waals surface area (Å²) >= 11 is 0. The number of anilines is 1. The Morgan fingerprint density at radius 3 is 2.80 bits per heavy atom. The Morgan fingerprint density at radius 2 is 2.10 bits per heavy atom. The van der Waals surface area contributed by atoms with Crippen molar-refractivity contribution in [2.75, 3.05) is 38.1 Å². The van der Waals surface area contributed by atoms with E-state index in [4.69, 9.17) is 4.74 Å². The summed E-state index contributed by atoms with van der Waals surface area (Å²) in [6, 6.07) is 6.62. The molecule has 1 aliphatic heterocycles. The Hall–Kier alpha value is -2.08. The summed E-state index contributed by atoms with van der Waals surface area (Å²) in [7, 11) is 0. The van der Waals surface area contributed by atoms with Crippen LogP contribution in [0.1, 0.15) is 17.3 Å². The van der Waals surface area contributed by atoms with Crippen LogP contribution >= 0.6 is 0 Å². The highest BCUT2D eigenvalue weighted by Gasteiger charge is 2.16. The minimum Gasteiger partial charge on any atom is -0.462 e. The highest BCUT2D eigenvalue weighted by atomic mass is 16.5. The minimum absolute atomic E-state index is 0.146. The molecule has 2 N–H and O–H groups in total. The number of nitrogens with one attached hydrogen (secondary N) is 2. The zero-order valence-corrected chi connectivity index (χ0v) is 11.5. The lowest BCUT2D eigenvalue weighted by molar-refractivity contribution is 0.0526. The molecule has 1 fully saturated rings. The molecule has 108 valence electrons. The van der Waals surface area contributed by atoms with Crippen LogP contribution in [0.3, 0.4) is 0 Å². The topological polar surface area (TPSA) is 70.7 Å². The van der Waals surface area contributed by atoms with E-state index in [-0.39, 0.29) is 12.0 Å². The van der Waals surface area contributed by atoms with Crippen LogP contribution in [-0.4, -0.2) is 49.7 Å². The molecule has 2 rings (SSSR count). The molecule has 1 aliphatic rings. The van der Waals surface area contributed by atoms with Crippen LogP contribution in [0.5, 0.6) is 0 Å². The van der Waals surface area contributed by atoms with Crippen LogP contribution in [0.15, 0.2) is 24.3 Å². The first-order valence-electron chi connectivity index (χ1n) is 6.74. The van der Waals surface area contributed by atoms with Gasteiger partial charge in [-0.15, -0.1) is 0 Å². The number of piperazine rings is 1. The minimum atomic E-state index is -0.384. The molecule has 0 radical (unpaired) electrons. The molecule has 0 saturated carbocycles. The fourth-order valence-corrected chi connectivity index (χ4v) is 2.01. The lowest BCUT2D eigenvalue weighted by Gasteiger charge is -2.27. The van der Waals surface area contributed by atoms with Crippen molar-refractivity contribution >= 4 is 17.7 Å². The molecule has 0 aliphatic carbocycles. The molecule has 1 aromatic rings. The molecule has 20 heavy (non-hydrogen) atoms. The summed E-state index contributed by atoms with van der Waals surface area (Å²) in [5.74, 6) is -0.384. The second-order valence-electron chi connectivity index (χ2n) is 4.47. The predicted molar refractivity (Wildman–Crippen MR) is 75.9 cm³/mol. The molecule has 0 aromatic heterocycles. The van der Waals surface area contributed by atoms with Gasteiger partial charge in [0.1, 0.15) is 0 Å². The number of urea groups is 1. The van der Waals surface area contributed by atoms with Crippen molar-refractivity contribution < 1.29 is 14.3 Å². The van der Waals surface area contributed by atoms with E-state index in [0.717, 1.165) is 13.1 Å². The summed E-state index contributed by atoms with van der Waals surface area (Å²) in [5, 5.41) is 5.99. The van der Waals surface area contributed by atoms with Gasteiger partial charge >= 0.3 is 12.0 Å². The molecule has 0 atom stereocenters. The van der Waals surface area contributed by atoms with E-state index in [1.54, 1.807) is 36.1 Å². The van der Waals surface area contributed by atoms with Gasteiger partial charge in [0.2, 0.25) is 0 Å². The van der Waals surface area contributed by atoms with E-state index < -0.39 is 0 Å². The standard InChI is InChI=1S/C14H19N3O3/c1-2-20-13(18)11-4-3-5-12(10-11)16-14(19)17-8-6-15-7-9-17/h3-5,10,15H,2,6-9H2,1H3,(H,16,19). The Kier molecular flexibility index (Phi) is 4.95. The summed E-state index contributed by atoms with van der Waals surface area (Å²) in [5.41, 5.74) is 1.03. The summed E-state index contributed by atoms with van der Waals surface area (Å²) < 4.78 is 4.93. The monoisotopic (exact) mass is 277 g/mol. The van der Waals surface area contributed by atoms with Gasteiger partial charge in [-0.1, -0.05) is 6.07 Å². The van der Waals surface area contributed by atoms with Gasteiger partial charge in [-0.3, -0.25) is 0 Å². The molecule has 0 spiro atoms. The van der Waals surface area contributed by atoms with Crippen molar-refractivity contribution in [2.24, 2.45) is 0 Å². The van der Waals surface area contributed by atoms with Gasteiger partial charge in [0.05, 0.1) is 12.2 Å². The molecule has 0 bridgehead atoms. The molecule has 6 nitrogen and oxygen atoms in total. The molecular formula is C14H19N3O3.